The number of hydrogen-bond donors (Lipinski definition) is 1. The van der Waals surface area contributed by atoms with Gasteiger partial charge < -0.3 is 15.0 Å². The highest BCUT2D eigenvalue weighted by Crippen LogP contribution is 2.40. The number of fused-ring (bicyclic) bond motifs is 2. The fourth-order valence-electron chi connectivity index (χ4n) is 4.59. The second-order valence-corrected chi connectivity index (χ2v) is 7.84. The molecule has 2 aliphatic rings. The summed E-state index contributed by atoms with van der Waals surface area (Å²) in [5.41, 5.74) is 0.890. The summed E-state index contributed by atoms with van der Waals surface area (Å²) in [6.07, 6.45) is 6.01. The molecule has 158 valence electrons. The molecule has 11 heteroatoms. The summed E-state index contributed by atoms with van der Waals surface area (Å²) in [6, 6.07) is 0.275. The van der Waals surface area contributed by atoms with Crippen LogP contribution < -0.4 is 15.0 Å². The molecule has 3 aromatic heterocycles. The molecule has 0 bridgehead atoms. The first kappa shape index (κ1) is 18.9. The zero-order valence-electron chi connectivity index (χ0n) is 16.4. The van der Waals surface area contributed by atoms with E-state index in [2.05, 4.69) is 35.3 Å². The summed E-state index contributed by atoms with van der Waals surface area (Å²) in [7, 11) is 1.59. The molecule has 0 amide bonds. The van der Waals surface area contributed by atoms with E-state index >= 15 is 0 Å². The first-order valence-electron chi connectivity index (χ1n) is 9.93. The standard InChI is InChI=1S/C19H22F2N8O/c1-30-18-7-22-6-17(27-18)28-8-11-2-13(3-12(11)9-28)25-16-5-23-14-4-24-29(10-15(20)21)19(14)26-16/h4-7,11-13,15H,2-3,8-10H2,1H3,(H,25,26)/t11-,12+,13?. The van der Waals surface area contributed by atoms with Crippen LogP contribution in [0.1, 0.15) is 12.8 Å². The molecule has 0 spiro atoms. The number of aromatic nitrogens is 6. The van der Waals surface area contributed by atoms with E-state index in [-0.39, 0.29) is 6.04 Å². The molecular weight excluding hydrogens is 394 g/mol. The Morgan fingerprint density at radius 1 is 1.13 bits per heavy atom. The van der Waals surface area contributed by atoms with Gasteiger partial charge in [0.25, 0.3) is 6.43 Å². The van der Waals surface area contributed by atoms with Crippen molar-refractivity contribution in [2.75, 3.05) is 30.4 Å². The van der Waals surface area contributed by atoms with Crippen LogP contribution in [0.4, 0.5) is 20.4 Å². The van der Waals surface area contributed by atoms with Crippen molar-refractivity contribution in [3.8, 4) is 5.88 Å². The lowest BCUT2D eigenvalue weighted by Crippen LogP contribution is -2.26. The van der Waals surface area contributed by atoms with Crippen LogP contribution in [0.15, 0.2) is 24.8 Å². The highest BCUT2D eigenvalue weighted by atomic mass is 19.3. The van der Waals surface area contributed by atoms with Gasteiger partial charge >= 0.3 is 0 Å². The molecule has 0 aromatic carbocycles. The average molecular weight is 416 g/mol. The Bertz CT molecular complexity index is 1030. The molecule has 0 radical (unpaired) electrons. The summed E-state index contributed by atoms with van der Waals surface area (Å²) in [6.45, 7) is 1.37. The molecule has 3 aromatic rings. The lowest BCUT2D eigenvalue weighted by atomic mass is 10.0. The maximum atomic E-state index is 12.7. The van der Waals surface area contributed by atoms with Gasteiger partial charge in [-0.2, -0.15) is 10.1 Å². The van der Waals surface area contributed by atoms with Crippen LogP contribution in [0, 0.1) is 11.8 Å². The Balaban J connectivity index is 1.24. The molecule has 4 heterocycles. The Hall–Kier alpha value is -3.11. The average Bonchev–Trinajstić information content (AvgIpc) is 3.41. The number of anilines is 2. The van der Waals surface area contributed by atoms with Crippen molar-refractivity contribution in [1.29, 1.82) is 0 Å². The zero-order chi connectivity index (χ0) is 20.7. The van der Waals surface area contributed by atoms with Gasteiger partial charge in [0.2, 0.25) is 5.88 Å². The Labute approximate surface area is 171 Å². The van der Waals surface area contributed by atoms with Crippen LogP contribution in [0.2, 0.25) is 0 Å². The van der Waals surface area contributed by atoms with Crippen molar-refractivity contribution in [3.63, 3.8) is 0 Å². The van der Waals surface area contributed by atoms with Gasteiger partial charge in [0.15, 0.2) is 11.5 Å². The van der Waals surface area contributed by atoms with Crippen molar-refractivity contribution in [1.82, 2.24) is 29.7 Å². The summed E-state index contributed by atoms with van der Waals surface area (Å²) < 4.78 is 31.9. The predicted molar refractivity (Wildman–Crippen MR) is 106 cm³/mol. The quantitative estimate of drug-likeness (QED) is 0.654. The highest BCUT2D eigenvalue weighted by Gasteiger charge is 2.41. The molecule has 2 fully saturated rings. The van der Waals surface area contributed by atoms with Crippen LogP contribution in [0.25, 0.3) is 11.2 Å². The molecule has 1 saturated carbocycles. The molecular formula is C19H22F2N8O. The molecule has 30 heavy (non-hydrogen) atoms. The smallest absolute Gasteiger partial charge is 0.258 e. The molecule has 1 saturated heterocycles. The van der Waals surface area contributed by atoms with Crippen LogP contribution in [-0.4, -0.2) is 62.4 Å². The Morgan fingerprint density at radius 2 is 1.93 bits per heavy atom. The number of nitrogens with one attached hydrogen (secondary N) is 1. The van der Waals surface area contributed by atoms with E-state index in [9.17, 15) is 8.78 Å². The van der Waals surface area contributed by atoms with E-state index < -0.39 is 13.0 Å². The Kier molecular flexibility index (Phi) is 4.80. The van der Waals surface area contributed by atoms with Gasteiger partial charge in [0, 0.05) is 19.1 Å². The minimum absolute atomic E-state index is 0.275. The van der Waals surface area contributed by atoms with Gasteiger partial charge in [0.05, 0.1) is 31.9 Å². The number of hydrogen-bond acceptors (Lipinski definition) is 8. The van der Waals surface area contributed by atoms with Crippen LogP contribution in [-0.2, 0) is 6.54 Å². The number of rotatable bonds is 6. The highest BCUT2D eigenvalue weighted by molar-refractivity contribution is 5.71. The van der Waals surface area contributed by atoms with Crippen molar-refractivity contribution in [2.45, 2.75) is 31.9 Å². The fraction of sp³-hybridized carbons (Fsp3) is 0.526. The maximum Gasteiger partial charge on any atom is 0.258 e. The zero-order valence-corrected chi connectivity index (χ0v) is 16.4. The molecule has 1 aliphatic carbocycles. The molecule has 9 nitrogen and oxygen atoms in total. The number of alkyl halides is 2. The molecule has 1 aliphatic heterocycles. The predicted octanol–water partition coefficient (Wildman–Crippen LogP) is 2.22. The van der Waals surface area contributed by atoms with E-state index in [1.807, 2.05) is 0 Å². The van der Waals surface area contributed by atoms with Gasteiger partial charge in [-0.15, -0.1) is 0 Å². The monoisotopic (exact) mass is 416 g/mol. The van der Waals surface area contributed by atoms with Crippen molar-refractivity contribution in [2.24, 2.45) is 11.8 Å². The van der Waals surface area contributed by atoms with Crippen molar-refractivity contribution < 1.29 is 13.5 Å². The summed E-state index contributed by atoms with van der Waals surface area (Å²) in [4.78, 5) is 19.7. The van der Waals surface area contributed by atoms with E-state index in [1.54, 1.807) is 25.7 Å². The number of methoxy groups -OCH3 is 1. The lowest BCUT2D eigenvalue weighted by molar-refractivity contribution is 0.123. The van der Waals surface area contributed by atoms with Crippen molar-refractivity contribution in [3.05, 3.63) is 24.8 Å². The van der Waals surface area contributed by atoms with Crippen LogP contribution in [0.5, 0.6) is 5.88 Å². The number of halogens is 2. The van der Waals surface area contributed by atoms with Gasteiger partial charge in [-0.25, -0.2) is 23.4 Å². The molecule has 1 N–H and O–H groups in total. The first-order chi connectivity index (χ1) is 14.6. The van der Waals surface area contributed by atoms with E-state index in [4.69, 9.17) is 4.74 Å². The first-order valence-corrected chi connectivity index (χ1v) is 9.93. The SMILES string of the molecule is COc1cncc(N2C[C@H]3CC(Nc4cnc5cnn(CC(F)F)c5n4)C[C@H]3C2)n1. The third kappa shape index (κ3) is 3.59. The number of ether oxygens (including phenoxy) is 1. The van der Waals surface area contributed by atoms with Crippen LogP contribution in [0.3, 0.4) is 0 Å². The fourth-order valence-corrected chi connectivity index (χ4v) is 4.59. The van der Waals surface area contributed by atoms with Gasteiger partial charge in [-0.3, -0.25) is 4.98 Å². The Morgan fingerprint density at radius 3 is 2.67 bits per heavy atom. The number of nitrogens with zero attached hydrogens (tertiary/aromatic N) is 7. The van der Waals surface area contributed by atoms with Crippen LogP contribution >= 0.6 is 0 Å². The largest absolute Gasteiger partial charge is 0.480 e. The lowest BCUT2D eigenvalue weighted by Gasteiger charge is -2.20. The minimum Gasteiger partial charge on any atom is -0.480 e. The second-order valence-electron chi connectivity index (χ2n) is 7.84. The van der Waals surface area contributed by atoms with E-state index in [1.165, 1.54) is 10.9 Å². The summed E-state index contributed by atoms with van der Waals surface area (Å²) in [5, 5.41) is 7.40. The molecule has 3 atom stereocenters. The molecule has 1 unspecified atom stereocenters. The third-order valence-electron chi connectivity index (χ3n) is 5.89. The maximum absolute atomic E-state index is 12.7. The topological polar surface area (TPSA) is 93.9 Å². The van der Waals surface area contributed by atoms with E-state index in [0.29, 0.717) is 34.7 Å². The third-order valence-corrected chi connectivity index (χ3v) is 5.89. The van der Waals surface area contributed by atoms with E-state index in [0.717, 1.165) is 31.7 Å². The van der Waals surface area contributed by atoms with Crippen molar-refractivity contribution >= 4 is 22.8 Å². The summed E-state index contributed by atoms with van der Waals surface area (Å²) >= 11 is 0. The minimum atomic E-state index is -2.49. The molecule has 5 rings (SSSR count). The van der Waals surface area contributed by atoms with Gasteiger partial charge in [-0.1, -0.05) is 0 Å². The van der Waals surface area contributed by atoms with Gasteiger partial charge in [0.1, 0.15) is 17.9 Å². The summed E-state index contributed by atoms with van der Waals surface area (Å²) in [5.74, 6) is 3.06. The normalized spacial score (nSPS) is 23.3. The van der Waals surface area contributed by atoms with Gasteiger partial charge in [-0.05, 0) is 24.7 Å². The second kappa shape index (κ2) is 7.62.